The summed E-state index contributed by atoms with van der Waals surface area (Å²) in [7, 11) is 1.80. The van der Waals surface area contributed by atoms with Crippen LogP contribution in [0.15, 0.2) is 54.9 Å². The summed E-state index contributed by atoms with van der Waals surface area (Å²) >= 11 is 0. The number of benzene rings is 2. The molecule has 2 amide bonds. The molecule has 0 radical (unpaired) electrons. The van der Waals surface area contributed by atoms with E-state index < -0.39 is 18.2 Å². The normalized spacial score (nSPS) is 10.0. The Hall–Kier alpha value is -4.08. The van der Waals surface area contributed by atoms with Crippen molar-refractivity contribution < 1.29 is 23.2 Å². The van der Waals surface area contributed by atoms with Crippen LogP contribution in [0.5, 0.6) is 0 Å². The zero-order chi connectivity index (χ0) is 22.1. The Morgan fingerprint density at radius 2 is 1.73 bits per heavy atom. The Bertz CT molecular complexity index is 1020. The van der Waals surface area contributed by atoms with Gasteiger partial charge < -0.3 is 21.4 Å². The number of halogens is 2. The summed E-state index contributed by atoms with van der Waals surface area (Å²) in [6.45, 7) is 0. The number of anilines is 2. The third-order valence-electron chi connectivity index (χ3n) is 3.89. The van der Waals surface area contributed by atoms with Crippen molar-refractivity contribution >= 4 is 29.5 Å². The van der Waals surface area contributed by atoms with Crippen LogP contribution in [-0.4, -0.2) is 35.1 Å². The van der Waals surface area contributed by atoms with Crippen molar-refractivity contribution in [3.8, 4) is 0 Å². The molecule has 0 atom stereocenters. The number of rotatable bonds is 6. The number of imidazole rings is 1. The molecule has 0 saturated carbocycles. The van der Waals surface area contributed by atoms with E-state index in [1.165, 1.54) is 24.5 Å². The van der Waals surface area contributed by atoms with Gasteiger partial charge in [-0.2, -0.15) is 0 Å². The van der Waals surface area contributed by atoms with Gasteiger partial charge in [-0.3, -0.25) is 14.4 Å². The predicted molar refractivity (Wildman–Crippen MR) is 108 cm³/mol. The van der Waals surface area contributed by atoms with E-state index in [1.807, 2.05) is 12.1 Å². The highest BCUT2D eigenvalue weighted by molar-refractivity contribution is 6.09. The van der Waals surface area contributed by atoms with Gasteiger partial charge in [0.1, 0.15) is 5.69 Å². The van der Waals surface area contributed by atoms with Crippen LogP contribution in [0, 0.1) is 0 Å². The molecule has 8 nitrogen and oxygen atoms in total. The second-order valence-corrected chi connectivity index (χ2v) is 5.82. The van der Waals surface area contributed by atoms with Gasteiger partial charge in [0.05, 0.1) is 6.33 Å². The molecule has 0 bridgehead atoms. The van der Waals surface area contributed by atoms with Crippen LogP contribution in [-0.2, 0) is 0 Å². The highest BCUT2D eigenvalue weighted by Gasteiger charge is 2.18. The largest absolute Gasteiger partial charge is 0.388 e. The van der Waals surface area contributed by atoms with Crippen molar-refractivity contribution in [2.24, 2.45) is 5.73 Å². The van der Waals surface area contributed by atoms with Crippen molar-refractivity contribution in [2.45, 2.75) is 6.43 Å². The number of nitrogens with zero attached hydrogens (tertiary/aromatic N) is 1. The zero-order valence-corrected chi connectivity index (χ0v) is 15.9. The van der Waals surface area contributed by atoms with E-state index >= 15 is 0 Å². The smallest absolute Gasteiger partial charge is 0.274 e. The third kappa shape index (κ3) is 5.71. The molecule has 5 N–H and O–H groups in total. The van der Waals surface area contributed by atoms with Gasteiger partial charge in [-0.05, 0) is 24.3 Å². The van der Waals surface area contributed by atoms with Crippen molar-refractivity contribution in [3.63, 3.8) is 0 Å². The average Bonchev–Trinajstić information content (AvgIpc) is 3.25. The molecule has 156 valence electrons. The summed E-state index contributed by atoms with van der Waals surface area (Å²) in [5.74, 6) is -1.22. The lowest BCUT2D eigenvalue weighted by Crippen LogP contribution is -2.20. The lowest BCUT2D eigenvalue weighted by Gasteiger charge is -2.05. The van der Waals surface area contributed by atoms with Gasteiger partial charge in [0.15, 0.2) is 12.0 Å². The molecule has 0 aliphatic heterocycles. The number of nitrogens with one attached hydrogen (secondary N) is 3. The summed E-state index contributed by atoms with van der Waals surface area (Å²) in [5, 5.41) is 5.61. The quantitative estimate of drug-likeness (QED) is 0.459. The highest BCUT2D eigenvalue weighted by atomic mass is 19.3. The summed E-state index contributed by atoms with van der Waals surface area (Å²) in [4.78, 5) is 39.5. The van der Waals surface area contributed by atoms with E-state index in [-0.39, 0.29) is 22.5 Å². The van der Waals surface area contributed by atoms with E-state index in [4.69, 9.17) is 5.73 Å². The molecule has 30 heavy (non-hydrogen) atoms. The highest BCUT2D eigenvalue weighted by Crippen LogP contribution is 2.21. The Morgan fingerprint density at radius 3 is 2.27 bits per heavy atom. The van der Waals surface area contributed by atoms with E-state index in [0.29, 0.717) is 12.0 Å². The van der Waals surface area contributed by atoms with E-state index in [2.05, 4.69) is 20.6 Å². The minimum absolute atomic E-state index is 0.0465. The van der Waals surface area contributed by atoms with Gasteiger partial charge in [0, 0.05) is 29.5 Å². The molecule has 2 aromatic carbocycles. The lowest BCUT2D eigenvalue weighted by molar-refractivity contribution is 0.0972. The van der Waals surface area contributed by atoms with E-state index in [9.17, 15) is 23.2 Å². The zero-order valence-electron chi connectivity index (χ0n) is 15.9. The number of H-pyrrole nitrogens is 1. The van der Waals surface area contributed by atoms with Crippen molar-refractivity contribution in [3.05, 3.63) is 77.4 Å². The first kappa shape index (κ1) is 22.2. The maximum atomic E-state index is 12.1. The first-order valence-corrected chi connectivity index (χ1v) is 8.62. The number of aldehydes is 1. The van der Waals surface area contributed by atoms with Crippen LogP contribution in [0.25, 0.3) is 0 Å². The summed E-state index contributed by atoms with van der Waals surface area (Å²) in [6, 6.07) is 12.8. The molecule has 0 saturated heterocycles. The number of primary amides is 1. The molecule has 0 spiro atoms. The SMILES string of the molecule is CNc1ccc(NC(=O)c2[nH]cnc2C(N)=O)cc1.O=Cc1ccccc1C(F)F. The molecule has 0 unspecified atom stereocenters. The number of hydrogen-bond donors (Lipinski definition) is 4. The number of aromatic nitrogens is 2. The Balaban J connectivity index is 0.000000248. The van der Waals surface area contributed by atoms with Crippen molar-refractivity contribution in [1.82, 2.24) is 9.97 Å². The van der Waals surface area contributed by atoms with Gasteiger partial charge >= 0.3 is 0 Å². The number of hydrogen-bond acceptors (Lipinski definition) is 5. The molecule has 3 aromatic rings. The van der Waals surface area contributed by atoms with Crippen LogP contribution in [0.4, 0.5) is 20.2 Å². The standard InChI is InChI=1S/C12H13N5O2.C8H6F2O/c1-14-7-2-4-8(5-3-7)17-12(19)10-9(11(13)18)15-6-16-10;9-8(10)7-4-2-1-3-6(7)5-11/h2-6,14H,1H3,(H2,13,18)(H,15,16)(H,17,19);1-5,8H. The summed E-state index contributed by atoms with van der Waals surface area (Å²) in [6.07, 6.45) is -0.892. The van der Waals surface area contributed by atoms with E-state index in [1.54, 1.807) is 25.2 Å². The van der Waals surface area contributed by atoms with Crippen LogP contribution in [0.1, 0.15) is 43.3 Å². The van der Waals surface area contributed by atoms with Gasteiger partial charge in [-0.1, -0.05) is 24.3 Å². The molecule has 1 aromatic heterocycles. The number of alkyl halides is 2. The average molecular weight is 415 g/mol. The maximum Gasteiger partial charge on any atom is 0.274 e. The Labute approximate surface area is 170 Å². The number of nitrogens with two attached hydrogens (primary N) is 1. The second-order valence-electron chi connectivity index (χ2n) is 5.82. The molecule has 0 fully saturated rings. The van der Waals surface area contributed by atoms with Crippen LogP contribution in [0.3, 0.4) is 0 Å². The van der Waals surface area contributed by atoms with Gasteiger partial charge in [0.25, 0.3) is 18.2 Å². The van der Waals surface area contributed by atoms with Gasteiger partial charge in [-0.15, -0.1) is 0 Å². The number of carbonyl (C=O) groups is 3. The fourth-order valence-electron chi connectivity index (χ4n) is 2.38. The molecular weight excluding hydrogens is 396 g/mol. The Kier molecular flexibility index (Phi) is 7.74. The monoisotopic (exact) mass is 415 g/mol. The molecule has 0 aliphatic carbocycles. The minimum atomic E-state index is -2.57. The van der Waals surface area contributed by atoms with E-state index in [0.717, 1.165) is 5.69 Å². The van der Waals surface area contributed by atoms with Crippen molar-refractivity contribution in [2.75, 3.05) is 17.7 Å². The lowest BCUT2D eigenvalue weighted by atomic mass is 10.1. The minimum Gasteiger partial charge on any atom is -0.388 e. The third-order valence-corrected chi connectivity index (χ3v) is 3.89. The van der Waals surface area contributed by atoms with Crippen LogP contribution < -0.4 is 16.4 Å². The topological polar surface area (TPSA) is 130 Å². The fourth-order valence-corrected chi connectivity index (χ4v) is 2.38. The summed E-state index contributed by atoms with van der Waals surface area (Å²) < 4.78 is 24.1. The summed E-state index contributed by atoms with van der Waals surface area (Å²) in [5.41, 5.74) is 6.47. The number of aromatic amines is 1. The second kappa shape index (κ2) is 10.5. The molecule has 1 heterocycles. The first-order chi connectivity index (χ1) is 14.4. The van der Waals surface area contributed by atoms with Gasteiger partial charge in [0.2, 0.25) is 0 Å². The number of carbonyl (C=O) groups excluding carboxylic acids is 3. The molecular formula is C20H19F2N5O3. The molecule has 3 rings (SSSR count). The predicted octanol–water partition coefficient (Wildman–Crippen LogP) is 3.24. The van der Waals surface area contributed by atoms with Crippen LogP contribution in [0.2, 0.25) is 0 Å². The van der Waals surface area contributed by atoms with Gasteiger partial charge in [-0.25, -0.2) is 13.8 Å². The van der Waals surface area contributed by atoms with Crippen molar-refractivity contribution in [1.29, 1.82) is 0 Å². The number of amides is 2. The molecule has 10 heteroatoms. The Morgan fingerprint density at radius 1 is 1.10 bits per heavy atom. The van der Waals surface area contributed by atoms with Crippen LogP contribution >= 0.6 is 0 Å². The first-order valence-electron chi connectivity index (χ1n) is 8.62. The maximum absolute atomic E-state index is 12.1. The molecule has 0 aliphatic rings. The fraction of sp³-hybridized carbons (Fsp3) is 0.100.